The minimum Gasteiger partial charge on any atom is -0.376 e. The second-order valence-corrected chi connectivity index (χ2v) is 7.09. The van der Waals surface area contributed by atoms with Crippen LogP contribution in [0.25, 0.3) is 10.2 Å². The summed E-state index contributed by atoms with van der Waals surface area (Å²) in [7, 11) is 0. The molecule has 1 amide bonds. The largest absolute Gasteiger partial charge is 0.376 e. The number of thiophene rings is 1. The molecule has 1 saturated heterocycles. The van der Waals surface area contributed by atoms with Gasteiger partial charge in [-0.15, -0.1) is 11.3 Å². The summed E-state index contributed by atoms with van der Waals surface area (Å²) in [6, 6.07) is 1.87. The molecule has 0 aromatic carbocycles. The maximum absolute atomic E-state index is 12.6. The predicted molar refractivity (Wildman–Crippen MR) is 92.6 cm³/mol. The van der Waals surface area contributed by atoms with Gasteiger partial charge in [-0.1, -0.05) is 6.92 Å². The third-order valence-corrected chi connectivity index (χ3v) is 5.44. The molecule has 0 radical (unpaired) electrons. The van der Waals surface area contributed by atoms with Gasteiger partial charge in [0.05, 0.1) is 11.5 Å². The third-order valence-electron chi connectivity index (χ3n) is 3.93. The lowest BCUT2D eigenvalue weighted by Gasteiger charge is -2.11. The second kappa shape index (κ2) is 6.94. The zero-order chi connectivity index (χ0) is 16.4. The molecule has 2 aromatic rings. The van der Waals surface area contributed by atoms with Gasteiger partial charge in [0.1, 0.15) is 11.4 Å². The Hall–Kier alpha value is -1.51. The van der Waals surface area contributed by atoms with E-state index in [0.717, 1.165) is 35.6 Å². The van der Waals surface area contributed by atoms with E-state index in [1.165, 1.54) is 15.9 Å². The first-order valence-electron chi connectivity index (χ1n) is 7.72. The Bertz CT molecular complexity index is 831. The van der Waals surface area contributed by atoms with Crippen LogP contribution in [0.2, 0.25) is 0 Å². The number of nitrogens with zero attached hydrogens (tertiary/aromatic N) is 1. The molecule has 1 atom stereocenters. The fourth-order valence-corrected chi connectivity index (χ4v) is 3.95. The van der Waals surface area contributed by atoms with Gasteiger partial charge in [0, 0.05) is 18.0 Å². The van der Waals surface area contributed by atoms with E-state index >= 15 is 0 Å². The summed E-state index contributed by atoms with van der Waals surface area (Å²) in [6.07, 6.45) is 2.93. The normalized spacial score (nSPS) is 17.7. The van der Waals surface area contributed by atoms with Crippen LogP contribution in [0, 0.1) is 4.77 Å². The Morgan fingerprint density at radius 1 is 1.61 bits per heavy atom. The first kappa shape index (κ1) is 16.4. The highest BCUT2D eigenvalue weighted by atomic mass is 32.1. The molecule has 1 aliphatic heterocycles. The van der Waals surface area contributed by atoms with Crippen molar-refractivity contribution in [3.63, 3.8) is 0 Å². The van der Waals surface area contributed by atoms with Crippen LogP contribution < -0.4 is 10.9 Å². The molecule has 2 N–H and O–H groups in total. The van der Waals surface area contributed by atoms with Crippen molar-refractivity contribution in [3.8, 4) is 0 Å². The van der Waals surface area contributed by atoms with Crippen molar-refractivity contribution in [2.24, 2.45) is 0 Å². The number of hydrogen-bond acceptors (Lipinski definition) is 5. The molecule has 0 saturated carbocycles. The summed E-state index contributed by atoms with van der Waals surface area (Å²) in [5, 5.41) is 3.40. The van der Waals surface area contributed by atoms with Gasteiger partial charge in [-0.2, -0.15) is 0 Å². The number of fused-ring (bicyclic) bond motifs is 1. The average molecular weight is 353 g/mol. The lowest BCUT2D eigenvalue weighted by Crippen LogP contribution is -2.36. The van der Waals surface area contributed by atoms with Crippen molar-refractivity contribution in [3.05, 3.63) is 26.1 Å². The van der Waals surface area contributed by atoms with Gasteiger partial charge in [0.25, 0.3) is 5.56 Å². The molecule has 0 spiro atoms. The van der Waals surface area contributed by atoms with Crippen LogP contribution in [0.5, 0.6) is 0 Å². The summed E-state index contributed by atoms with van der Waals surface area (Å²) in [6.45, 7) is 3.19. The van der Waals surface area contributed by atoms with E-state index in [9.17, 15) is 9.59 Å². The van der Waals surface area contributed by atoms with Crippen molar-refractivity contribution in [2.45, 2.75) is 38.8 Å². The molecule has 23 heavy (non-hydrogen) atoms. The van der Waals surface area contributed by atoms with E-state index in [4.69, 9.17) is 17.0 Å². The van der Waals surface area contributed by atoms with E-state index < -0.39 is 0 Å². The SMILES string of the molecule is CCc1cc2c(=O)n(CC(=O)NCC3CCCO3)c(=S)[nH]c2s1. The highest BCUT2D eigenvalue weighted by Crippen LogP contribution is 2.21. The van der Waals surface area contributed by atoms with E-state index in [1.807, 2.05) is 13.0 Å². The fourth-order valence-electron chi connectivity index (χ4n) is 2.65. The number of H-pyrrole nitrogens is 1. The van der Waals surface area contributed by atoms with Gasteiger partial charge in [-0.3, -0.25) is 14.2 Å². The molecule has 1 fully saturated rings. The van der Waals surface area contributed by atoms with Gasteiger partial charge in [0.15, 0.2) is 4.77 Å². The lowest BCUT2D eigenvalue weighted by molar-refractivity contribution is -0.122. The Morgan fingerprint density at radius 2 is 2.43 bits per heavy atom. The fraction of sp³-hybridized carbons (Fsp3) is 0.533. The molecule has 3 rings (SSSR count). The summed E-state index contributed by atoms with van der Waals surface area (Å²) in [5.74, 6) is -0.229. The van der Waals surface area contributed by atoms with Crippen molar-refractivity contribution < 1.29 is 9.53 Å². The summed E-state index contributed by atoms with van der Waals surface area (Å²) in [5.41, 5.74) is -0.216. The Balaban J connectivity index is 1.77. The number of hydrogen-bond donors (Lipinski definition) is 2. The van der Waals surface area contributed by atoms with Crippen LogP contribution in [0.1, 0.15) is 24.6 Å². The van der Waals surface area contributed by atoms with Crippen molar-refractivity contribution in [1.82, 2.24) is 14.9 Å². The number of carbonyl (C=O) groups excluding carboxylic acids is 1. The topological polar surface area (TPSA) is 76.1 Å². The number of amides is 1. The average Bonchev–Trinajstić information content (AvgIpc) is 3.18. The molecule has 0 bridgehead atoms. The molecule has 6 nitrogen and oxygen atoms in total. The maximum atomic E-state index is 12.6. The van der Waals surface area contributed by atoms with Crippen LogP contribution >= 0.6 is 23.6 Å². The first-order valence-corrected chi connectivity index (χ1v) is 8.94. The van der Waals surface area contributed by atoms with Gasteiger partial charge in [0.2, 0.25) is 5.91 Å². The zero-order valence-electron chi connectivity index (χ0n) is 12.9. The number of nitrogens with one attached hydrogen (secondary N) is 2. The molecule has 1 aliphatic rings. The number of carbonyl (C=O) groups is 1. The molecule has 0 aliphatic carbocycles. The van der Waals surface area contributed by atoms with Crippen molar-refractivity contribution in [1.29, 1.82) is 0 Å². The predicted octanol–water partition coefficient (Wildman–Crippen LogP) is 1.98. The minimum absolute atomic E-state index is 0.0753. The van der Waals surface area contributed by atoms with Crippen molar-refractivity contribution in [2.75, 3.05) is 13.2 Å². The monoisotopic (exact) mass is 353 g/mol. The molecular weight excluding hydrogens is 334 g/mol. The highest BCUT2D eigenvalue weighted by molar-refractivity contribution is 7.71. The summed E-state index contributed by atoms with van der Waals surface area (Å²) >= 11 is 6.76. The molecule has 2 aromatic heterocycles. The number of aryl methyl sites for hydroxylation is 1. The van der Waals surface area contributed by atoms with E-state index in [1.54, 1.807) is 0 Å². The summed E-state index contributed by atoms with van der Waals surface area (Å²) in [4.78, 5) is 29.6. The van der Waals surface area contributed by atoms with Crippen LogP contribution in [0.15, 0.2) is 10.9 Å². The van der Waals surface area contributed by atoms with Gasteiger partial charge in [-0.25, -0.2) is 0 Å². The number of aromatic nitrogens is 2. The van der Waals surface area contributed by atoms with Crippen LogP contribution in [-0.4, -0.2) is 34.7 Å². The molecular formula is C15H19N3O3S2. The van der Waals surface area contributed by atoms with Crippen LogP contribution in [0.4, 0.5) is 0 Å². The van der Waals surface area contributed by atoms with Crippen molar-refractivity contribution >= 4 is 39.7 Å². The van der Waals surface area contributed by atoms with Crippen LogP contribution in [0.3, 0.4) is 0 Å². The third kappa shape index (κ3) is 3.54. The maximum Gasteiger partial charge on any atom is 0.263 e. The van der Waals surface area contributed by atoms with Gasteiger partial charge in [-0.05, 0) is 37.5 Å². The number of aromatic amines is 1. The zero-order valence-corrected chi connectivity index (χ0v) is 14.5. The summed E-state index contributed by atoms with van der Waals surface area (Å²) < 4.78 is 7.06. The number of rotatable bonds is 5. The minimum atomic E-state index is -0.229. The molecule has 1 unspecified atom stereocenters. The molecule has 8 heteroatoms. The van der Waals surface area contributed by atoms with Gasteiger partial charge < -0.3 is 15.0 Å². The first-order chi connectivity index (χ1) is 11.1. The quantitative estimate of drug-likeness (QED) is 0.806. The molecule has 124 valence electrons. The Kier molecular flexibility index (Phi) is 4.93. The lowest BCUT2D eigenvalue weighted by atomic mass is 10.2. The second-order valence-electron chi connectivity index (χ2n) is 5.57. The van der Waals surface area contributed by atoms with E-state index in [2.05, 4.69) is 10.3 Å². The van der Waals surface area contributed by atoms with Gasteiger partial charge >= 0.3 is 0 Å². The Morgan fingerprint density at radius 3 is 3.13 bits per heavy atom. The van der Waals surface area contributed by atoms with E-state index in [0.29, 0.717) is 11.9 Å². The number of ether oxygens (including phenoxy) is 1. The van der Waals surface area contributed by atoms with E-state index in [-0.39, 0.29) is 28.9 Å². The Labute approximate surface area is 142 Å². The standard InChI is InChI=1S/C15H19N3O3S2/c1-2-10-6-11-13(23-10)17-15(22)18(14(11)20)8-12(19)16-7-9-4-3-5-21-9/h6,9H,2-5,7-8H2,1H3,(H,16,19)(H,17,22). The molecule has 3 heterocycles. The highest BCUT2D eigenvalue weighted by Gasteiger charge is 2.17. The van der Waals surface area contributed by atoms with Crippen LogP contribution in [-0.2, 0) is 22.5 Å². The smallest absolute Gasteiger partial charge is 0.263 e.